The Hall–Kier alpha value is -0.781. The SMILES string of the molecule is C/C=C/C=C/C[Se]c1ccc(C)cc1C.CC. The molecule has 0 aliphatic carbocycles. The standard InChI is InChI=1S/C14H18Se.C2H6/c1-4-5-6-7-10-15-14-9-8-12(2)11-13(14)3;1-2/h4-9,11H,10H2,1-3H3;1-2H3/b5-4+,7-6+;. The first-order chi connectivity index (χ1) is 8.24. The first-order valence-electron chi connectivity index (χ1n) is 6.22. The monoisotopic (exact) mass is 296 g/mol. The fourth-order valence-electron chi connectivity index (χ4n) is 1.34. The molecule has 0 saturated heterocycles. The Morgan fingerprint density at radius 2 is 1.82 bits per heavy atom. The van der Waals surface area contributed by atoms with E-state index in [1.807, 2.05) is 20.8 Å². The summed E-state index contributed by atoms with van der Waals surface area (Å²) in [5, 5.41) is 1.18. The van der Waals surface area contributed by atoms with E-state index in [1.54, 1.807) is 0 Å². The van der Waals surface area contributed by atoms with Gasteiger partial charge in [0, 0.05) is 0 Å². The first kappa shape index (κ1) is 16.2. The van der Waals surface area contributed by atoms with Crippen molar-refractivity contribution in [1.82, 2.24) is 0 Å². The number of hydrogen-bond donors (Lipinski definition) is 0. The maximum Gasteiger partial charge on any atom is -0.0683 e. The van der Waals surface area contributed by atoms with Crippen LogP contribution in [0.4, 0.5) is 0 Å². The molecule has 0 atom stereocenters. The quantitative estimate of drug-likeness (QED) is 0.576. The molecule has 0 nitrogen and oxygen atoms in total. The van der Waals surface area contributed by atoms with E-state index < -0.39 is 0 Å². The summed E-state index contributed by atoms with van der Waals surface area (Å²) >= 11 is 0.579. The Balaban J connectivity index is 0.00000121. The van der Waals surface area contributed by atoms with Crippen molar-refractivity contribution in [3.63, 3.8) is 0 Å². The second kappa shape index (κ2) is 10.4. The van der Waals surface area contributed by atoms with Crippen molar-refractivity contribution in [2.45, 2.75) is 39.9 Å². The molecule has 17 heavy (non-hydrogen) atoms. The number of aryl methyl sites for hydroxylation is 2. The van der Waals surface area contributed by atoms with Gasteiger partial charge in [0.25, 0.3) is 0 Å². The molecule has 1 rings (SSSR count). The summed E-state index contributed by atoms with van der Waals surface area (Å²) in [7, 11) is 0. The molecule has 0 aliphatic heterocycles. The van der Waals surface area contributed by atoms with Gasteiger partial charge in [-0.25, -0.2) is 0 Å². The van der Waals surface area contributed by atoms with Crippen LogP contribution in [0.25, 0.3) is 0 Å². The van der Waals surface area contributed by atoms with Crippen LogP contribution in [0, 0.1) is 13.8 Å². The Bertz CT molecular complexity index is 362. The summed E-state index contributed by atoms with van der Waals surface area (Å²) in [6.45, 7) is 10.4. The molecule has 0 aliphatic rings. The van der Waals surface area contributed by atoms with Crippen molar-refractivity contribution < 1.29 is 0 Å². The van der Waals surface area contributed by atoms with Crippen molar-refractivity contribution in [1.29, 1.82) is 0 Å². The van der Waals surface area contributed by atoms with Gasteiger partial charge < -0.3 is 0 Å². The van der Waals surface area contributed by atoms with Crippen molar-refractivity contribution in [2.75, 3.05) is 0 Å². The third kappa shape index (κ3) is 7.20. The molecule has 0 spiro atoms. The molecule has 1 aromatic rings. The van der Waals surface area contributed by atoms with Gasteiger partial charge in [0.1, 0.15) is 0 Å². The minimum absolute atomic E-state index is 0.579. The van der Waals surface area contributed by atoms with E-state index in [2.05, 4.69) is 56.4 Å². The van der Waals surface area contributed by atoms with E-state index in [9.17, 15) is 0 Å². The molecule has 0 fully saturated rings. The molecule has 0 amide bonds. The van der Waals surface area contributed by atoms with E-state index in [0.717, 1.165) is 0 Å². The van der Waals surface area contributed by atoms with Gasteiger partial charge in [-0.3, -0.25) is 0 Å². The molecule has 0 saturated carbocycles. The largest absolute Gasteiger partial charge is 0.0683 e. The van der Waals surface area contributed by atoms with Crippen LogP contribution in [0.1, 0.15) is 31.9 Å². The Morgan fingerprint density at radius 1 is 1.12 bits per heavy atom. The molecule has 0 bridgehead atoms. The number of allylic oxidation sites excluding steroid dienone is 4. The Morgan fingerprint density at radius 3 is 2.41 bits per heavy atom. The zero-order chi connectivity index (χ0) is 13.1. The van der Waals surface area contributed by atoms with Gasteiger partial charge in [0.15, 0.2) is 0 Å². The minimum Gasteiger partial charge on any atom is -0.0683 e. The third-order valence-corrected chi connectivity index (χ3v) is 4.47. The summed E-state index contributed by atoms with van der Waals surface area (Å²) in [5.41, 5.74) is 2.80. The number of benzene rings is 1. The minimum atomic E-state index is 0.579. The van der Waals surface area contributed by atoms with Crippen LogP contribution in [0.5, 0.6) is 0 Å². The van der Waals surface area contributed by atoms with Crippen LogP contribution in [-0.4, -0.2) is 15.0 Å². The summed E-state index contributed by atoms with van der Waals surface area (Å²) in [4.78, 5) is 0. The molecule has 0 N–H and O–H groups in total. The van der Waals surface area contributed by atoms with Crippen LogP contribution in [0.15, 0.2) is 42.5 Å². The molecular formula is C16H24Se. The molecule has 1 heteroatoms. The summed E-state index contributed by atoms with van der Waals surface area (Å²) < 4.78 is 1.53. The third-order valence-electron chi connectivity index (χ3n) is 2.11. The van der Waals surface area contributed by atoms with E-state index >= 15 is 0 Å². The van der Waals surface area contributed by atoms with Crippen LogP contribution in [0.2, 0.25) is 5.32 Å². The van der Waals surface area contributed by atoms with Gasteiger partial charge in [-0.05, 0) is 0 Å². The van der Waals surface area contributed by atoms with E-state index in [0.29, 0.717) is 15.0 Å². The van der Waals surface area contributed by atoms with Crippen LogP contribution in [0.3, 0.4) is 0 Å². The second-order valence-electron chi connectivity index (χ2n) is 3.53. The second-order valence-corrected chi connectivity index (χ2v) is 5.76. The maximum atomic E-state index is 2.27. The Labute approximate surface area is 113 Å². The molecular weight excluding hydrogens is 271 g/mol. The summed E-state index contributed by atoms with van der Waals surface area (Å²) in [6, 6.07) is 6.75. The van der Waals surface area contributed by atoms with Gasteiger partial charge in [0.2, 0.25) is 0 Å². The topological polar surface area (TPSA) is 0 Å². The molecule has 0 aromatic heterocycles. The van der Waals surface area contributed by atoms with Crippen molar-refractivity contribution in [3.05, 3.63) is 53.6 Å². The average molecular weight is 295 g/mol. The van der Waals surface area contributed by atoms with E-state index in [1.165, 1.54) is 20.9 Å². The molecule has 0 unspecified atom stereocenters. The average Bonchev–Trinajstić information content (AvgIpc) is 2.34. The number of hydrogen-bond acceptors (Lipinski definition) is 0. The van der Waals surface area contributed by atoms with Crippen molar-refractivity contribution in [2.24, 2.45) is 0 Å². The van der Waals surface area contributed by atoms with Gasteiger partial charge >= 0.3 is 99.1 Å². The van der Waals surface area contributed by atoms with E-state index in [4.69, 9.17) is 0 Å². The fraction of sp³-hybridized carbons (Fsp3) is 0.375. The van der Waals surface area contributed by atoms with Crippen molar-refractivity contribution in [3.8, 4) is 0 Å². The molecule has 0 heterocycles. The van der Waals surface area contributed by atoms with Crippen LogP contribution in [-0.2, 0) is 0 Å². The first-order valence-corrected chi connectivity index (χ1v) is 8.28. The fourth-order valence-corrected chi connectivity index (χ4v) is 3.10. The normalized spacial score (nSPS) is 10.6. The molecule has 94 valence electrons. The smallest absolute Gasteiger partial charge is 0.0683 e. The van der Waals surface area contributed by atoms with E-state index in [-0.39, 0.29) is 0 Å². The van der Waals surface area contributed by atoms with Gasteiger partial charge in [-0.1, -0.05) is 13.8 Å². The maximum absolute atomic E-state index is 2.27. The summed E-state index contributed by atoms with van der Waals surface area (Å²) in [6.07, 6.45) is 8.52. The predicted molar refractivity (Wildman–Crippen MR) is 81.4 cm³/mol. The Kier molecular flexibility index (Phi) is 9.90. The van der Waals surface area contributed by atoms with Gasteiger partial charge in [0.05, 0.1) is 0 Å². The predicted octanol–water partition coefficient (Wildman–Crippen LogP) is 4.21. The zero-order valence-electron chi connectivity index (χ0n) is 11.7. The van der Waals surface area contributed by atoms with Gasteiger partial charge in [-0.15, -0.1) is 0 Å². The van der Waals surface area contributed by atoms with Crippen LogP contribution >= 0.6 is 0 Å². The molecule has 1 aromatic carbocycles. The summed E-state index contributed by atoms with van der Waals surface area (Å²) in [5.74, 6) is 0. The van der Waals surface area contributed by atoms with Crippen LogP contribution < -0.4 is 4.46 Å². The number of rotatable bonds is 4. The molecule has 0 radical (unpaired) electrons. The zero-order valence-corrected chi connectivity index (χ0v) is 13.4. The van der Waals surface area contributed by atoms with Gasteiger partial charge in [-0.2, -0.15) is 0 Å². The van der Waals surface area contributed by atoms with Crippen molar-refractivity contribution >= 4 is 19.4 Å².